The van der Waals surface area contributed by atoms with E-state index in [1.54, 1.807) is 19.1 Å². The normalized spacial score (nSPS) is 10.2. The number of phenols is 1. The summed E-state index contributed by atoms with van der Waals surface area (Å²) in [7, 11) is 1.47. The minimum absolute atomic E-state index is 0.0789. The van der Waals surface area contributed by atoms with Crippen LogP contribution in [0.1, 0.15) is 16.1 Å². The molecule has 0 unspecified atom stereocenters. The van der Waals surface area contributed by atoms with Gasteiger partial charge in [0.15, 0.2) is 0 Å². The van der Waals surface area contributed by atoms with Gasteiger partial charge < -0.3 is 9.84 Å². The quantitative estimate of drug-likeness (QED) is 0.849. The fourth-order valence-corrected chi connectivity index (χ4v) is 1.82. The van der Waals surface area contributed by atoms with E-state index in [2.05, 4.69) is 15.3 Å². The molecule has 6 nitrogen and oxygen atoms in total. The Labute approximate surface area is 120 Å². The van der Waals surface area contributed by atoms with Gasteiger partial charge in [-0.1, -0.05) is 11.6 Å². The first-order valence-electron chi connectivity index (χ1n) is 5.69. The molecule has 0 bridgehead atoms. The van der Waals surface area contributed by atoms with E-state index in [0.717, 1.165) is 0 Å². The van der Waals surface area contributed by atoms with Gasteiger partial charge in [-0.05, 0) is 25.1 Å². The number of nitrogens with zero attached hydrogens (tertiary/aromatic N) is 2. The number of benzene rings is 1. The monoisotopic (exact) mass is 293 g/mol. The average Bonchev–Trinajstić information content (AvgIpc) is 2.36. The lowest BCUT2D eigenvalue weighted by molar-refractivity contribution is 0.102. The summed E-state index contributed by atoms with van der Waals surface area (Å²) in [5.41, 5.74) is 0.714. The number of phenolic OH excluding ortho intramolecular Hbond substituents is 1. The Bertz CT molecular complexity index is 641. The maximum atomic E-state index is 12.0. The first-order valence-corrected chi connectivity index (χ1v) is 6.07. The Balaban J connectivity index is 2.23. The molecule has 20 heavy (non-hydrogen) atoms. The van der Waals surface area contributed by atoms with Crippen molar-refractivity contribution in [1.82, 2.24) is 9.97 Å². The van der Waals surface area contributed by atoms with Crippen LogP contribution < -0.4 is 10.1 Å². The van der Waals surface area contributed by atoms with Gasteiger partial charge in [0, 0.05) is 11.8 Å². The number of nitrogens with one attached hydrogen (secondary N) is 1. The van der Waals surface area contributed by atoms with Gasteiger partial charge in [-0.25, -0.2) is 9.97 Å². The van der Waals surface area contributed by atoms with Crippen molar-refractivity contribution in [2.75, 3.05) is 12.4 Å². The summed E-state index contributed by atoms with van der Waals surface area (Å²) in [4.78, 5) is 19.9. The fourth-order valence-electron chi connectivity index (χ4n) is 1.59. The summed E-state index contributed by atoms with van der Waals surface area (Å²) in [6.45, 7) is 1.73. The van der Waals surface area contributed by atoms with Crippen LogP contribution in [0.5, 0.6) is 11.5 Å². The van der Waals surface area contributed by atoms with E-state index in [1.807, 2.05) is 0 Å². The number of carbonyl (C=O) groups excluding carboxylic acids is 1. The number of aromatic hydroxyl groups is 1. The topological polar surface area (TPSA) is 84.3 Å². The molecule has 0 aliphatic carbocycles. The molecule has 1 aromatic carbocycles. The van der Waals surface area contributed by atoms with Crippen LogP contribution in [0.4, 0.5) is 5.95 Å². The van der Waals surface area contributed by atoms with E-state index in [9.17, 15) is 9.90 Å². The van der Waals surface area contributed by atoms with Gasteiger partial charge in [0.2, 0.25) is 5.95 Å². The highest BCUT2D eigenvalue weighted by Crippen LogP contribution is 2.24. The molecule has 0 spiro atoms. The van der Waals surface area contributed by atoms with Gasteiger partial charge in [-0.2, -0.15) is 0 Å². The minimum atomic E-state index is -0.535. The number of rotatable bonds is 3. The molecule has 1 aromatic heterocycles. The Hall–Kier alpha value is -2.34. The van der Waals surface area contributed by atoms with Crippen LogP contribution in [0.15, 0.2) is 24.3 Å². The van der Waals surface area contributed by atoms with E-state index in [-0.39, 0.29) is 22.4 Å². The fraction of sp³-hybridized carbons (Fsp3) is 0.154. The van der Waals surface area contributed by atoms with Crippen molar-refractivity contribution >= 4 is 23.5 Å². The highest BCUT2D eigenvalue weighted by Gasteiger charge is 2.14. The second-order valence-electron chi connectivity index (χ2n) is 3.99. The zero-order valence-electron chi connectivity index (χ0n) is 10.8. The number of aryl methyl sites for hydroxylation is 1. The first-order chi connectivity index (χ1) is 9.49. The number of aromatic nitrogens is 2. The molecule has 104 valence electrons. The molecular weight excluding hydrogens is 282 g/mol. The van der Waals surface area contributed by atoms with Gasteiger partial charge >= 0.3 is 0 Å². The minimum Gasteiger partial charge on any atom is -0.507 e. The van der Waals surface area contributed by atoms with Crippen LogP contribution in [0.3, 0.4) is 0 Å². The summed E-state index contributed by atoms with van der Waals surface area (Å²) in [6.07, 6.45) is 0. The lowest BCUT2D eigenvalue weighted by Gasteiger charge is -2.07. The third kappa shape index (κ3) is 3.16. The van der Waals surface area contributed by atoms with Crippen LogP contribution >= 0.6 is 11.6 Å². The number of hydrogen-bond acceptors (Lipinski definition) is 5. The van der Waals surface area contributed by atoms with Crippen LogP contribution in [0, 0.1) is 6.92 Å². The van der Waals surface area contributed by atoms with E-state index in [0.29, 0.717) is 11.4 Å². The van der Waals surface area contributed by atoms with Gasteiger partial charge in [0.1, 0.15) is 16.7 Å². The maximum absolute atomic E-state index is 12.0. The number of hydrogen-bond donors (Lipinski definition) is 2. The van der Waals surface area contributed by atoms with E-state index in [4.69, 9.17) is 16.3 Å². The van der Waals surface area contributed by atoms with Crippen molar-refractivity contribution < 1.29 is 14.6 Å². The molecule has 0 saturated carbocycles. The zero-order valence-corrected chi connectivity index (χ0v) is 11.6. The molecule has 1 heterocycles. The molecule has 2 N–H and O–H groups in total. The smallest absolute Gasteiger partial charge is 0.261 e. The zero-order chi connectivity index (χ0) is 14.7. The molecule has 2 rings (SSSR count). The Morgan fingerprint density at radius 2 is 2.10 bits per heavy atom. The molecule has 2 aromatic rings. The largest absolute Gasteiger partial charge is 0.507 e. The van der Waals surface area contributed by atoms with E-state index >= 15 is 0 Å². The average molecular weight is 294 g/mol. The van der Waals surface area contributed by atoms with Crippen LogP contribution in [-0.4, -0.2) is 28.1 Å². The SMILES string of the molecule is COc1ccc(C(=O)Nc2nc(C)cc(Cl)n2)c(O)c1. The second kappa shape index (κ2) is 5.75. The number of anilines is 1. The summed E-state index contributed by atoms with van der Waals surface area (Å²) in [5, 5.41) is 12.5. The summed E-state index contributed by atoms with van der Waals surface area (Å²) in [6, 6.07) is 5.93. The van der Waals surface area contributed by atoms with Gasteiger partial charge in [0.05, 0.1) is 12.7 Å². The van der Waals surface area contributed by atoms with E-state index in [1.165, 1.54) is 19.2 Å². The van der Waals surface area contributed by atoms with Crippen molar-refractivity contribution in [1.29, 1.82) is 0 Å². The molecule has 1 amide bonds. The lowest BCUT2D eigenvalue weighted by Crippen LogP contribution is -2.14. The predicted molar refractivity (Wildman–Crippen MR) is 74.4 cm³/mol. The van der Waals surface area contributed by atoms with Crippen LogP contribution in [0.25, 0.3) is 0 Å². The molecule has 0 atom stereocenters. The van der Waals surface area contributed by atoms with Crippen molar-refractivity contribution in [3.8, 4) is 11.5 Å². The third-order valence-electron chi connectivity index (χ3n) is 2.50. The molecule has 0 aliphatic heterocycles. The Morgan fingerprint density at radius 1 is 1.35 bits per heavy atom. The second-order valence-corrected chi connectivity index (χ2v) is 4.38. The van der Waals surface area contributed by atoms with Crippen LogP contribution in [0.2, 0.25) is 5.15 Å². The Morgan fingerprint density at radius 3 is 2.70 bits per heavy atom. The number of halogens is 1. The molecule has 0 radical (unpaired) electrons. The number of amides is 1. The van der Waals surface area contributed by atoms with Crippen molar-refractivity contribution in [2.24, 2.45) is 0 Å². The lowest BCUT2D eigenvalue weighted by atomic mass is 10.2. The number of carbonyl (C=O) groups is 1. The molecule has 0 aliphatic rings. The number of methoxy groups -OCH3 is 1. The first kappa shape index (κ1) is 14.1. The Kier molecular flexibility index (Phi) is 4.05. The molecule has 0 saturated heterocycles. The van der Waals surface area contributed by atoms with Crippen molar-refractivity contribution in [2.45, 2.75) is 6.92 Å². The van der Waals surface area contributed by atoms with Gasteiger partial charge in [-0.3, -0.25) is 10.1 Å². The molecular formula is C13H12ClN3O3. The molecule has 7 heteroatoms. The van der Waals surface area contributed by atoms with Gasteiger partial charge in [-0.15, -0.1) is 0 Å². The number of ether oxygens (including phenoxy) is 1. The highest BCUT2D eigenvalue weighted by atomic mass is 35.5. The predicted octanol–water partition coefficient (Wildman–Crippen LogP) is 2.40. The maximum Gasteiger partial charge on any atom is 0.261 e. The van der Waals surface area contributed by atoms with E-state index < -0.39 is 5.91 Å². The standard InChI is InChI=1S/C13H12ClN3O3/c1-7-5-11(14)16-13(15-7)17-12(19)9-4-3-8(20-2)6-10(9)18/h3-6,18H,1-2H3,(H,15,16,17,19). The van der Waals surface area contributed by atoms with Crippen LogP contribution in [-0.2, 0) is 0 Å². The highest BCUT2D eigenvalue weighted by molar-refractivity contribution is 6.29. The summed E-state index contributed by atoms with van der Waals surface area (Å²) < 4.78 is 4.95. The molecule has 0 fully saturated rings. The summed E-state index contributed by atoms with van der Waals surface area (Å²) >= 11 is 5.78. The third-order valence-corrected chi connectivity index (χ3v) is 2.69. The van der Waals surface area contributed by atoms with Gasteiger partial charge in [0.25, 0.3) is 5.91 Å². The summed E-state index contributed by atoms with van der Waals surface area (Å²) in [5.74, 6) is -0.198. The van der Waals surface area contributed by atoms with Crippen molar-refractivity contribution in [3.63, 3.8) is 0 Å². The van der Waals surface area contributed by atoms with Crippen molar-refractivity contribution in [3.05, 3.63) is 40.7 Å².